The van der Waals surface area contributed by atoms with Crippen LogP contribution >= 0.6 is 0 Å². The van der Waals surface area contributed by atoms with Crippen LogP contribution in [0.15, 0.2) is 24.3 Å². The predicted octanol–water partition coefficient (Wildman–Crippen LogP) is 1.88. The number of nitrogens with zero attached hydrogens (tertiary/aromatic N) is 2. The minimum absolute atomic E-state index is 0.0628. The lowest BCUT2D eigenvalue weighted by Crippen LogP contribution is -2.51. The second-order valence-corrected chi connectivity index (χ2v) is 7.56. The van der Waals surface area contributed by atoms with E-state index in [1.807, 2.05) is 0 Å². The van der Waals surface area contributed by atoms with Gasteiger partial charge in [0.25, 0.3) is 0 Å². The molecule has 0 spiro atoms. The Morgan fingerprint density at radius 1 is 1.12 bits per heavy atom. The van der Waals surface area contributed by atoms with Crippen molar-refractivity contribution in [3.05, 3.63) is 29.8 Å². The number of piperazine rings is 1. The molecule has 3 rings (SSSR count). The van der Waals surface area contributed by atoms with Gasteiger partial charge < -0.3 is 15.3 Å². The van der Waals surface area contributed by atoms with Gasteiger partial charge >= 0.3 is 5.97 Å². The second-order valence-electron chi connectivity index (χ2n) is 7.56. The van der Waals surface area contributed by atoms with E-state index in [0.717, 1.165) is 39.0 Å². The number of benzene rings is 1. The third-order valence-electron chi connectivity index (χ3n) is 5.55. The van der Waals surface area contributed by atoms with Crippen molar-refractivity contribution in [1.82, 2.24) is 10.2 Å². The first-order chi connectivity index (χ1) is 12.5. The highest BCUT2D eigenvalue weighted by molar-refractivity contribution is 5.78. The highest BCUT2D eigenvalue weighted by atomic mass is 16.4. The van der Waals surface area contributed by atoms with Gasteiger partial charge in [-0.1, -0.05) is 12.1 Å². The molecule has 0 bridgehead atoms. The second kappa shape index (κ2) is 8.54. The van der Waals surface area contributed by atoms with Crippen LogP contribution in [0.4, 0.5) is 5.69 Å². The smallest absolute Gasteiger partial charge is 0.306 e. The van der Waals surface area contributed by atoms with E-state index in [9.17, 15) is 9.59 Å². The maximum atomic E-state index is 12.3. The van der Waals surface area contributed by atoms with Crippen LogP contribution in [-0.2, 0) is 9.59 Å². The van der Waals surface area contributed by atoms with Gasteiger partial charge in [0.2, 0.25) is 5.91 Å². The molecule has 1 aromatic carbocycles. The van der Waals surface area contributed by atoms with E-state index in [0.29, 0.717) is 19.4 Å². The molecule has 2 fully saturated rings. The molecule has 26 heavy (non-hydrogen) atoms. The normalized spacial score (nSPS) is 24.3. The van der Waals surface area contributed by atoms with Crippen molar-refractivity contribution >= 4 is 17.6 Å². The Bertz CT molecular complexity index is 633. The summed E-state index contributed by atoms with van der Waals surface area (Å²) in [5.41, 5.74) is 2.52. The Hall–Kier alpha value is -2.08. The van der Waals surface area contributed by atoms with Crippen molar-refractivity contribution in [3.8, 4) is 0 Å². The maximum Gasteiger partial charge on any atom is 0.306 e. The number of carboxylic acid groups (broad SMARTS) is 1. The first-order valence-electron chi connectivity index (χ1n) is 9.57. The number of carbonyl (C=O) groups excluding carboxylic acids is 1. The monoisotopic (exact) mass is 359 g/mol. The zero-order valence-electron chi connectivity index (χ0n) is 15.5. The molecule has 1 aliphatic carbocycles. The third kappa shape index (κ3) is 4.97. The summed E-state index contributed by atoms with van der Waals surface area (Å²) in [5, 5.41) is 12.1. The number of anilines is 1. The van der Waals surface area contributed by atoms with Crippen molar-refractivity contribution in [2.24, 2.45) is 5.92 Å². The molecular formula is C20H29N3O3. The van der Waals surface area contributed by atoms with Crippen LogP contribution in [-0.4, -0.2) is 60.6 Å². The minimum atomic E-state index is -0.707. The number of hydrogen-bond acceptors (Lipinski definition) is 4. The molecule has 6 nitrogen and oxygen atoms in total. The van der Waals surface area contributed by atoms with Crippen molar-refractivity contribution in [2.75, 3.05) is 37.6 Å². The van der Waals surface area contributed by atoms with Crippen LogP contribution in [0.1, 0.15) is 31.2 Å². The van der Waals surface area contributed by atoms with E-state index in [1.54, 1.807) is 0 Å². The van der Waals surface area contributed by atoms with Gasteiger partial charge in [-0.2, -0.15) is 0 Å². The van der Waals surface area contributed by atoms with Crippen molar-refractivity contribution in [2.45, 2.75) is 38.6 Å². The van der Waals surface area contributed by atoms with Gasteiger partial charge in [0, 0.05) is 37.9 Å². The molecule has 1 aliphatic heterocycles. The van der Waals surface area contributed by atoms with Crippen LogP contribution in [0.3, 0.4) is 0 Å². The lowest BCUT2D eigenvalue weighted by Gasteiger charge is -2.36. The zero-order valence-corrected chi connectivity index (χ0v) is 15.5. The Labute approximate surface area is 155 Å². The fraction of sp³-hybridized carbons (Fsp3) is 0.600. The number of hydrogen-bond donors (Lipinski definition) is 2. The molecule has 1 saturated heterocycles. The Balaban J connectivity index is 1.39. The average Bonchev–Trinajstić information content (AvgIpc) is 2.62. The highest BCUT2D eigenvalue weighted by Crippen LogP contribution is 2.24. The summed E-state index contributed by atoms with van der Waals surface area (Å²) < 4.78 is 0. The topological polar surface area (TPSA) is 72.9 Å². The molecule has 0 atom stereocenters. The van der Waals surface area contributed by atoms with E-state index in [4.69, 9.17) is 5.11 Å². The van der Waals surface area contributed by atoms with Gasteiger partial charge in [-0.15, -0.1) is 0 Å². The Morgan fingerprint density at radius 2 is 1.81 bits per heavy atom. The third-order valence-corrected chi connectivity index (χ3v) is 5.55. The van der Waals surface area contributed by atoms with Crippen LogP contribution in [0.5, 0.6) is 0 Å². The molecule has 0 aromatic heterocycles. The van der Waals surface area contributed by atoms with E-state index in [2.05, 4.69) is 46.3 Å². The SMILES string of the molecule is Cc1cccc(N2CCN(CC(=O)NC3CCC(C(=O)O)CC3)CC2)c1. The van der Waals surface area contributed by atoms with E-state index in [1.165, 1.54) is 11.3 Å². The van der Waals surface area contributed by atoms with Gasteiger partial charge in [-0.25, -0.2) is 0 Å². The molecule has 1 amide bonds. The van der Waals surface area contributed by atoms with Gasteiger partial charge in [0.15, 0.2) is 0 Å². The summed E-state index contributed by atoms with van der Waals surface area (Å²) in [6.45, 7) is 6.16. The molecule has 1 heterocycles. The van der Waals surface area contributed by atoms with Crippen molar-refractivity contribution < 1.29 is 14.7 Å². The highest BCUT2D eigenvalue weighted by Gasteiger charge is 2.27. The predicted molar refractivity (Wildman–Crippen MR) is 101 cm³/mol. The summed E-state index contributed by atoms with van der Waals surface area (Å²) in [6, 6.07) is 8.67. The molecule has 1 saturated carbocycles. The van der Waals surface area contributed by atoms with Crippen LogP contribution in [0.25, 0.3) is 0 Å². The number of aryl methyl sites for hydroxylation is 1. The van der Waals surface area contributed by atoms with E-state index in [-0.39, 0.29) is 17.9 Å². The van der Waals surface area contributed by atoms with E-state index < -0.39 is 5.97 Å². The summed E-state index contributed by atoms with van der Waals surface area (Å²) in [5.74, 6) is -0.883. The summed E-state index contributed by atoms with van der Waals surface area (Å²) >= 11 is 0. The molecule has 6 heteroatoms. The first-order valence-corrected chi connectivity index (χ1v) is 9.57. The molecule has 2 aliphatic rings. The number of carboxylic acids is 1. The molecule has 0 radical (unpaired) electrons. The average molecular weight is 359 g/mol. The van der Waals surface area contributed by atoms with E-state index >= 15 is 0 Å². The van der Waals surface area contributed by atoms with Gasteiger partial charge in [-0.05, 0) is 50.3 Å². The number of nitrogens with one attached hydrogen (secondary N) is 1. The molecule has 2 N–H and O–H groups in total. The van der Waals surface area contributed by atoms with Crippen LogP contribution < -0.4 is 10.2 Å². The van der Waals surface area contributed by atoms with Gasteiger partial charge in [-0.3, -0.25) is 14.5 Å². The standard InChI is InChI=1S/C20H29N3O3/c1-15-3-2-4-18(13-15)23-11-9-22(10-12-23)14-19(24)21-17-7-5-16(6-8-17)20(25)26/h2-4,13,16-17H,5-12,14H2,1H3,(H,21,24)(H,25,26). The van der Waals surface area contributed by atoms with Crippen LogP contribution in [0, 0.1) is 12.8 Å². The summed E-state index contributed by atoms with van der Waals surface area (Å²) in [7, 11) is 0. The summed E-state index contributed by atoms with van der Waals surface area (Å²) in [6.07, 6.45) is 2.86. The van der Waals surface area contributed by atoms with Gasteiger partial charge in [0.05, 0.1) is 12.5 Å². The Kier molecular flexibility index (Phi) is 6.14. The molecule has 142 valence electrons. The number of carbonyl (C=O) groups is 2. The zero-order chi connectivity index (χ0) is 18.5. The van der Waals surface area contributed by atoms with Gasteiger partial charge in [0.1, 0.15) is 0 Å². The lowest BCUT2D eigenvalue weighted by atomic mass is 9.86. The maximum absolute atomic E-state index is 12.3. The van der Waals surface area contributed by atoms with Crippen molar-refractivity contribution in [1.29, 1.82) is 0 Å². The largest absolute Gasteiger partial charge is 0.481 e. The minimum Gasteiger partial charge on any atom is -0.481 e. The number of aliphatic carboxylic acids is 1. The molecule has 0 unspecified atom stereocenters. The summed E-state index contributed by atoms with van der Waals surface area (Å²) in [4.78, 5) is 27.9. The van der Waals surface area contributed by atoms with Crippen LogP contribution in [0.2, 0.25) is 0 Å². The lowest BCUT2D eigenvalue weighted by molar-refractivity contribution is -0.142. The fourth-order valence-electron chi connectivity index (χ4n) is 3.95. The quantitative estimate of drug-likeness (QED) is 0.840. The number of rotatable bonds is 5. The fourth-order valence-corrected chi connectivity index (χ4v) is 3.95. The Morgan fingerprint density at radius 3 is 2.42 bits per heavy atom. The molecular weight excluding hydrogens is 330 g/mol. The number of amides is 1. The van der Waals surface area contributed by atoms with Crippen molar-refractivity contribution in [3.63, 3.8) is 0 Å². The molecule has 1 aromatic rings. The first kappa shape index (κ1) is 18.7.